The molecule has 26 heavy (non-hydrogen) atoms. The van der Waals surface area contributed by atoms with Crippen molar-refractivity contribution in [3.05, 3.63) is 89.6 Å². The average molecular weight is 363 g/mol. The van der Waals surface area contributed by atoms with Gasteiger partial charge in [-0.2, -0.15) is 0 Å². The first-order valence-electron chi connectivity index (χ1n) is 8.35. The molecule has 0 bridgehead atoms. The molecule has 4 nitrogen and oxygen atoms in total. The lowest BCUT2D eigenvalue weighted by molar-refractivity contribution is 0.398. The Labute approximate surface area is 159 Å². The predicted octanol–water partition coefficient (Wildman–Crippen LogP) is 4.47. The molecule has 3 aromatic rings. The summed E-state index contributed by atoms with van der Waals surface area (Å²) < 4.78 is 5.08. The molecule has 2 aromatic carbocycles. The van der Waals surface area contributed by atoms with Crippen LogP contribution in [0.3, 0.4) is 0 Å². The second-order valence-electron chi connectivity index (χ2n) is 5.89. The van der Waals surface area contributed by atoms with E-state index in [0.717, 1.165) is 11.3 Å². The number of rotatable bonds is 5. The zero-order valence-corrected chi connectivity index (χ0v) is 15.6. The molecule has 0 amide bonds. The molecule has 1 heterocycles. The maximum atomic E-state index is 5.54. The molecule has 132 valence electrons. The number of hydrogen-bond donors (Lipinski definition) is 2. The number of methoxy groups -OCH3 is 1. The van der Waals surface area contributed by atoms with Gasteiger partial charge in [-0.25, -0.2) is 4.98 Å². The molecule has 0 fully saturated rings. The third-order valence-electron chi connectivity index (χ3n) is 4.11. The Kier molecular flexibility index (Phi) is 5.81. The normalized spacial score (nSPS) is 11.5. The molecule has 5 heteroatoms. The van der Waals surface area contributed by atoms with Crippen LogP contribution in [0.15, 0.2) is 72.9 Å². The van der Waals surface area contributed by atoms with E-state index in [0.29, 0.717) is 11.0 Å². The van der Waals surface area contributed by atoms with Gasteiger partial charge in [-0.15, -0.1) is 0 Å². The number of ether oxygens (including phenoxy) is 1. The lowest BCUT2D eigenvalue weighted by Gasteiger charge is -2.23. The van der Waals surface area contributed by atoms with Crippen molar-refractivity contribution < 1.29 is 4.74 Å². The molecule has 3 rings (SSSR count). The topological polar surface area (TPSA) is 46.2 Å². The summed E-state index contributed by atoms with van der Waals surface area (Å²) in [4.78, 5) is 4.19. The van der Waals surface area contributed by atoms with Crippen molar-refractivity contribution >= 4 is 23.0 Å². The van der Waals surface area contributed by atoms with E-state index in [1.54, 1.807) is 19.4 Å². The maximum absolute atomic E-state index is 5.54. The number of aryl methyl sites for hydroxylation is 1. The number of benzene rings is 2. The summed E-state index contributed by atoms with van der Waals surface area (Å²) >= 11 is 5.54. The zero-order valence-electron chi connectivity index (χ0n) is 14.8. The van der Waals surface area contributed by atoms with Gasteiger partial charge in [0.2, 0.25) is 5.88 Å². The highest BCUT2D eigenvalue weighted by Crippen LogP contribution is 2.25. The van der Waals surface area contributed by atoms with Crippen LogP contribution in [0.1, 0.15) is 22.7 Å². The molecule has 0 aliphatic rings. The smallest absolute Gasteiger partial charge is 0.213 e. The fourth-order valence-corrected chi connectivity index (χ4v) is 3.01. The molecule has 1 atom stereocenters. The standard InChI is InChI=1S/C21H21N3OS/c1-15-8-6-7-11-18(15)20(16-9-4-3-5-10-16)24-21(26)23-17-12-13-19(25-2)22-14-17/h3-14,20H,1-2H3,(H2,23,24,26)/t20-/m0/s1. The second-order valence-corrected chi connectivity index (χ2v) is 6.30. The minimum absolute atomic E-state index is 0.0383. The first-order chi connectivity index (χ1) is 12.7. The summed E-state index contributed by atoms with van der Waals surface area (Å²) in [6.07, 6.45) is 1.69. The van der Waals surface area contributed by atoms with Crippen molar-refractivity contribution in [2.45, 2.75) is 13.0 Å². The van der Waals surface area contributed by atoms with Gasteiger partial charge in [0.05, 0.1) is 25.0 Å². The van der Waals surface area contributed by atoms with E-state index in [1.165, 1.54) is 11.1 Å². The lowest BCUT2D eigenvalue weighted by atomic mass is 9.95. The number of hydrogen-bond acceptors (Lipinski definition) is 3. The van der Waals surface area contributed by atoms with Gasteiger partial charge in [-0.05, 0) is 41.9 Å². The van der Waals surface area contributed by atoms with Crippen LogP contribution < -0.4 is 15.4 Å². The Morgan fingerprint density at radius 1 is 1.00 bits per heavy atom. The van der Waals surface area contributed by atoms with E-state index in [2.05, 4.69) is 46.8 Å². The largest absolute Gasteiger partial charge is 0.481 e. The summed E-state index contributed by atoms with van der Waals surface area (Å²) in [6.45, 7) is 2.11. The molecule has 0 saturated heterocycles. The Bertz CT molecular complexity index is 866. The summed E-state index contributed by atoms with van der Waals surface area (Å²) in [6, 6.07) is 22.2. The van der Waals surface area contributed by atoms with Gasteiger partial charge in [-0.1, -0.05) is 54.6 Å². The molecule has 1 aromatic heterocycles. The van der Waals surface area contributed by atoms with Crippen LogP contribution in [-0.2, 0) is 0 Å². The van der Waals surface area contributed by atoms with Gasteiger partial charge in [0, 0.05) is 6.07 Å². The van der Waals surface area contributed by atoms with Gasteiger partial charge >= 0.3 is 0 Å². The Morgan fingerprint density at radius 3 is 2.38 bits per heavy atom. The summed E-state index contributed by atoms with van der Waals surface area (Å²) in [7, 11) is 1.59. The first kappa shape index (κ1) is 17.9. The number of aromatic nitrogens is 1. The molecule has 0 saturated carbocycles. The van der Waals surface area contributed by atoms with Crippen molar-refractivity contribution in [3.8, 4) is 5.88 Å². The number of anilines is 1. The van der Waals surface area contributed by atoms with Crippen LogP contribution >= 0.6 is 12.2 Å². The van der Waals surface area contributed by atoms with Crippen molar-refractivity contribution in [1.29, 1.82) is 0 Å². The second kappa shape index (κ2) is 8.45. The van der Waals surface area contributed by atoms with E-state index in [1.807, 2.05) is 36.4 Å². The predicted molar refractivity (Wildman–Crippen MR) is 110 cm³/mol. The Morgan fingerprint density at radius 2 is 1.73 bits per heavy atom. The van der Waals surface area contributed by atoms with E-state index in [-0.39, 0.29) is 6.04 Å². The summed E-state index contributed by atoms with van der Waals surface area (Å²) in [5.74, 6) is 0.566. The summed E-state index contributed by atoms with van der Waals surface area (Å²) in [5.41, 5.74) is 4.36. The van der Waals surface area contributed by atoms with E-state index >= 15 is 0 Å². The van der Waals surface area contributed by atoms with Crippen LogP contribution in [0.4, 0.5) is 5.69 Å². The molecular formula is C21H21N3OS. The molecule has 0 unspecified atom stereocenters. The molecule has 0 radical (unpaired) electrons. The van der Waals surface area contributed by atoms with Crippen LogP contribution in [0, 0.1) is 6.92 Å². The first-order valence-corrected chi connectivity index (χ1v) is 8.76. The van der Waals surface area contributed by atoms with Crippen molar-refractivity contribution in [2.75, 3.05) is 12.4 Å². The monoisotopic (exact) mass is 363 g/mol. The molecule has 2 N–H and O–H groups in total. The van der Waals surface area contributed by atoms with Crippen LogP contribution in [0.2, 0.25) is 0 Å². The average Bonchev–Trinajstić information content (AvgIpc) is 2.68. The third kappa shape index (κ3) is 4.37. The van der Waals surface area contributed by atoms with Gasteiger partial charge in [0.15, 0.2) is 5.11 Å². The van der Waals surface area contributed by atoms with E-state index in [4.69, 9.17) is 17.0 Å². The van der Waals surface area contributed by atoms with Gasteiger partial charge in [0.25, 0.3) is 0 Å². The SMILES string of the molecule is COc1ccc(NC(=S)N[C@@H](c2ccccc2)c2ccccc2C)cn1. The van der Waals surface area contributed by atoms with Crippen LogP contribution in [0.5, 0.6) is 5.88 Å². The van der Waals surface area contributed by atoms with Crippen molar-refractivity contribution in [1.82, 2.24) is 10.3 Å². The number of thiocarbonyl (C=S) groups is 1. The molecular weight excluding hydrogens is 342 g/mol. The van der Waals surface area contributed by atoms with Crippen molar-refractivity contribution in [3.63, 3.8) is 0 Å². The van der Waals surface area contributed by atoms with E-state index in [9.17, 15) is 0 Å². The van der Waals surface area contributed by atoms with Crippen LogP contribution in [-0.4, -0.2) is 17.2 Å². The molecule has 0 aliphatic carbocycles. The minimum Gasteiger partial charge on any atom is -0.481 e. The van der Waals surface area contributed by atoms with Gasteiger partial charge in [-0.3, -0.25) is 0 Å². The highest BCUT2D eigenvalue weighted by molar-refractivity contribution is 7.80. The zero-order chi connectivity index (χ0) is 18.4. The van der Waals surface area contributed by atoms with Crippen molar-refractivity contribution in [2.24, 2.45) is 0 Å². The number of nitrogens with one attached hydrogen (secondary N) is 2. The molecule has 0 aliphatic heterocycles. The van der Waals surface area contributed by atoms with E-state index < -0.39 is 0 Å². The summed E-state index contributed by atoms with van der Waals surface area (Å²) in [5, 5.41) is 7.15. The maximum Gasteiger partial charge on any atom is 0.213 e. The van der Waals surface area contributed by atoms with Gasteiger partial charge in [0.1, 0.15) is 0 Å². The van der Waals surface area contributed by atoms with Gasteiger partial charge < -0.3 is 15.4 Å². The lowest BCUT2D eigenvalue weighted by Crippen LogP contribution is -2.33. The van der Waals surface area contributed by atoms with Crippen LogP contribution in [0.25, 0.3) is 0 Å². The minimum atomic E-state index is -0.0383. The Hall–Kier alpha value is -2.92. The number of pyridine rings is 1. The Balaban J connectivity index is 1.81. The quantitative estimate of drug-likeness (QED) is 0.655. The third-order valence-corrected chi connectivity index (χ3v) is 4.33. The highest BCUT2D eigenvalue weighted by Gasteiger charge is 2.17. The fraction of sp³-hybridized carbons (Fsp3) is 0.143. The number of nitrogens with zero attached hydrogens (tertiary/aromatic N) is 1. The molecule has 0 spiro atoms. The fourth-order valence-electron chi connectivity index (χ4n) is 2.77. The highest BCUT2D eigenvalue weighted by atomic mass is 32.1.